The second-order valence-corrected chi connectivity index (χ2v) is 6.36. The van der Waals surface area contributed by atoms with Crippen LogP contribution in [0.1, 0.15) is 23.6 Å². The van der Waals surface area contributed by atoms with E-state index in [0.29, 0.717) is 11.4 Å². The van der Waals surface area contributed by atoms with Crippen molar-refractivity contribution in [3.05, 3.63) is 58.1 Å². The summed E-state index contributed by atoms with van der Waals surface area (Å²) in [5.74, 6) is 0.794. The predicted octanol–water partition coefficient (Wildman–Crippen LogP) is 4.11. The predicted molar refractivity (Wildman–Crippen MR) is 88.9 cm³/mol. The molecule has 0 aromatic heterocycles. The Morgan fingerprint density at radius 2 is 2.00 bits per heavy atom. The third-order valence-electron chi connectivity index (χ3n) is 4.37. The topological polar surface area (TPSA) is 38.3 Å². The molecule has 3 nitrogen and oxygen atoms in total. The lowest BCUT2D eigenvalue weighted by molar-refractivity contribution is -0.120. The first-order valence-corrected chi connectivity index (χ1v) is 7.57. The highest BCUT2D eigenvalue weighted by atomic mass is 35.5. The van der Waals surface area contributed by atoms with Gasteiger partial charge in [0.05, 0.1) is 12.5 Å². The largest absolute Gasteiger partial charge is 0.496 e. The van der Waals surface area contributed by atoms with E-state index in [1.807, 2.05) is 50.2 Å². The molecule has 0 aliphatic carbocycles. The van der Waals surface area contributed by atoms with Crippen molar-refractivity contribution in [2.24, 2.45) is 0 Å². The summed E-state index contributed by atoms with van der Waals surface area (Å²) in [6, 6.07) is 11.5. The second kappa shape index (κ2) is 5.33. The molecule has 1 heterocycles. The van der Waals surface area contributed by atoms with Crippen molar-refractivity contribution in [2.45, 2.75) is 25.7 Å². The Bertz CT molecular complexity index is 757. The number of halogens is 1. The average molecular weight is 316 g/mol. The lowest BCUT2D eigenvalue weighted by Crippen LogP contribution is -2.33. The molecule has 2 aromatic rings. The van der Waals surface area contributed by atoms with Gasteiger partial charge in [-0.3, -0.25) is 4.79 Å². The van der Waals surface area contributed by atoms with Crippen molar-refractivity contribution >= 4 is 23.2 Å². The fourth-order valence-corrected chi connectivity index (χ4v) is 3.40. The molecule has 1 atom stereocenters. The van der Waals surface area contributed by atoms with Crippen molar-refractivity contribution in [3.8, 4) is 5.75 Å². The molecule has 22 heavy (non-hydrogen) atoms. The third-order valence-corrected chi connectivity index (χ3v) is 4.59. The highest BCUT2D eigenvalue weighted by molar-refractivity contribution is 6.31. The Hall–Kier alpha value is -2.00. The second-order valence-electron chi connectivity index (χ2n) is 5.92. The van der Waals surface area contributed by atoms with Crippen LogP contribution in [-0.4, -0.2) is 13.0 Å². The maximum Gasteiger partial charge on any atom is 0.235 e. The van der Waals surface area contributed by atoms with E-state index in [9.17, 15) is 4.79 Å². The van der Waals surface area contributed by atoms with E-state index in [2.05, 4.69) is 5.32 Å². The lowest BCUT2D eigenvalue weighted by Gasteiger charge is -2.23. The van der Waals surface area contributed by atoms with Crippen LogP contribution in [0.15, 0.2) is 36.4 Å². The van der Waals surface area contributed by atoms with Gasteiger partial charge in [0.1, 0.15) is 5.75 Å². The minimum absolute atomic E-state index is 0.00114. The third kappa shape index (κ3) is 2.26. The molecule has 0 fully saturated rings. The Morgan fingerprint density at radius 1 is 1.27 bits per heavy atom. The summed E-state index contributed by atoms with van der Waals surface area (Å²) in [5.41, 5.74) is 3.17. The quantitative estimate of drug-likeness (QED) is 0.925. The van der Waals surface area contributed by atoms with Crippen LogP contribution < -0.4 is 10.1 Å². The number of carbonyl (C=O) groups excluding carboxylic acids is 1. The van der Waals surface area contributed by atoms with Gasteiger partial charge >= 0.3 is 0 Å². The van der Waals surface area contributed by atoms with Crippen LogP contribution in [0.25, 0.3) is 0 Å². The van der Waals surface area contributed by atoms with Crippen LogP contribution in [0.3, 0.4) is 0 Å². The van der Waals surface area contributed by atoms with Crippen molar-refractivity contribution < 1.29 is 9.53 Å². The maximum absolute atomic E-state index is 12.6. The first-order valence-electron chi connectivity index (χ1n) is 7.19. The van der Waals surface area contributed by atoms with Gasteiger partial charge < -0.3 is 10.1 Å². The van der Waals surface area contributed by atoms with Crippen LogP contribution in [-0.2, 0) is 16.6 Å². The Labute approximate surface area is 135 Å². The van der Waals surface area contributed by atoms with Gasteiger partial charge in [-0.15, -0.1) is 0 Å². The number of ether oxygens (including phenoxy) is 1. The normalized spacial score (nSPS) is 19.7. The standard InChI is InChI=1S/C18H18ClNO2/c1-11-8-13(19)9-14-16(11)20-17(21)18(14,2)10-12-6-4-5-7-15(12)22-3/h4-9H,10H2,1-3H3,(H,20,21). The van der Waals surface area contributed by atoms with Crippen LogP contribution in [0.5, 0.6) is 5.75 Å². The highest BCUT2D eigenvalue weighted by Crippen LogP contribution is 2.44. The number of hydrogen-bond donors (Lipinski definition) is 1. The van der Waals surface area contributed by atoms with E-state index in [0.717, 1.165) is 28.1 Å². The van der Waals surface area contributed by atoms with Crippen molar-refractivity contribution in [3.63, 3.8) is 0 Å². The monoisotopic (exact) mass is 315 g/mol. The maximum atomic E-state index is 12.6. The average Bonchev–Trinajstić information content (AvgIpc) is 2.73. The molecule has 2 aromatic carbocycles. The van der Waals surface area contributed by atoms with Crippen LogP contribution in [0.4, 0.5) is 5.69 Å². The molecule has 0 radical (unpaired) electrons. The molecular weight excluding hydrogens is 298 g/mol. The molecule has 1 aliphatic rings. The number of para-hydroxylation sites is 1. The first kappa shape index (κ1) is 14.9. The Balaban J connectivity index is 2.09. The van der Waals surface area contributed by atoms with Crippen LogP contribution >= 0.6 is 11.6 Å². The van der Waals surface area contributed by atoms with E-state index in [1.54, 1.807) is 7.11 Å². The van der Waals surface area contributed by atoms with E-state index in [-0.39, 0.29) is 5.91 Å². The van der Waals surface area contributed by atoms with Gasteiger partial charge in [0, 0.05) is 10.7 Å². The van der Waals surface area contributed by atoms with E-state index in [1.165, 1.54) is 0 Å². The number of rotatable bonds is 3. The van der Waals surface area contributed by atoms with Crippen LogP contribution in [0.2, 0.25) is 5.02 Å². The van der Waals surface area contributed by atoms with Gasteiger partial charge in [-0.1, -0.05) is 29.8 Å². The van der Waals surface area contributed by atoms with Gasteiger partial charge in [-0.25, -0.2) is 0 Å². The number of benzene rings is 2. The first-order chi connectivity index (χ1) is 10.5. The Kier molecular flexibility index (Phi) is 3.61. The molecule has 1 aliphatic heterocycles. The molecule has 4 heteroatoms. The summed E-state index contributed by atoms with van der Waals surface area (Å²) in [4.78, 5) is 12.6. The molecule has 0 bridgehead atoms. The van der Waals surface area contributed by atoms with Crippen LogP contribution in [0, 0.1) is 6.92 Å². The number of fused-ring (bicyclic) bond motifs is 1. The molecule has 0 saturated heterocycles. The zero-order valence-electron chi connectivity index (χ0n) is 12.9. The van der Waals surface area contributed by atoms with Gasteiger partial charge in [-0.2, -0.15) is 0 Å². The van der Waals surface area contributed by atoms with E-state index in [4.69, 9.17) is 16.3 Å². The molecule has 3 rings (SSSR count). The summed E-state index contributed by atoms with van der Waals surface area (Å²) in [5, 5.41) is 3.65. The number of anilines is 1. The van der Waals surface area contributed by atoms with E-state index >= 15 is 0 Å². The van der Waals surface area contributed by atoms with Crippen molar-refractivity contribution in [1.29, 1.82) is 0 Å². The number of aryl methyl sites for hydroxylation is 1. The molecular formula is C18H18ClNO2. The zero-order valence-corrected chi connectivity index (χ0v) is 13.6. The molecule has 0 saturated carbocycles. The van der Waals surface area contributed by atoms with Gasteiger partial charge in [0.25, 0.3) is 0 Å². The summed E-state index contributed by atoms with van der Waals surface area (Å²) >= 11 is 6.20. The zero-order chi connectivity index (χ0) is 15.9. The summed E-state index contributed by atoms with van der Waals surface area (Å²) in [7, 11) is 1.64. The van der Waals surface area contributed by atoms with Gasteiger partial charge in [0.2, 0.25) is 5.91 Å². The molecule has 114 valence electrons. The SMILES string of the molecule is COc1ccccc1CC1(C)C(=O)Nc2c(C)cc(Cl)cc21. The summed E-state index contributed by atoms with van der Waals surface area (Å²) < 4.78 is 5.41. The number of hydrogen-bond acceptors (Lipinski definition) is 2. The molecule has 1 unspecified atom stereocenters. The summed E-state index contributed by atoms with van der Waals surface area (Å²) in [6.45, 7) is 3.91. The van der Waals surface area contributed by atoms with Gasteiger partial charge in [0.15, 0.2) is 0 Å². The highest BCUT2D eigenvalue weighted by Gasteiger charge is 2.43. The van der Waals surface area contributed by atoms with E-state index < -0.39 is 5.41 Å². The number of nitrogens with one attached hydrogen (secondary N) is 1. The number of amides is 1. The fraction of sp³-hybridized carbons (Fsp3) is 0.278. The van der Waals surface area contributed by atoms with Crippen molar-refractivity contribution in [2.75, 3.05) is 12.4 Å². The molecule has 0 spiro atoms. The lowest BCUT2D eigenvalue weighted by atomic mass is 9.78. The number of carbonyl (C=O) groups is 1. The smallest absolute Gasteiger partial charge is 0.235 e. The fourth-order valence-electron chi connectivity index (χ4n) is 3.12. The molecule has 1 N–H and O–H groups in total. The minimum atomic E-state index is -0.653. The minimum Gasteiger partial charge on any atom is -0.496 e. The summed E-state index contributed by atoms with van der Waals surface area (Å²) in [6.07, 6.45) is 0.565. The van der Waals surface area contributed by atoms with Gasteiger partial charge in [-0.05, 0) is 55.2 Å². The Morgan fingerprint density at radius 3 is 2.73 bits per heavy atom. The number of methoxy groups -OCH3 is 1. The molecule has 1 amide bonds. The van der Waals surface area contributed by atoms with Crippen molar-refractivity contribution in [1.82, 2.24) is 0 Å².